The lowest BCUT2D eigenvalue weighted by Gasteiger charge is -1.98. The van der Waals surface area contributed by atoms with Gasteiger partial charge in [0.15, 0.2) is 0 Å². The molecule has 0 aliphatic rings. The molecule has 0 spiro atoms. The second-order valence-corrected chi connectivity index (χ2v) is 3.80. The van der Waals surface area contributed by atoms with E-state index < -0.39 is 0 Å². The van der Waals surface area contributed by atoms with Crippen LogP contribution in [0.15, 0.2) is 23.7 Å². The predicted molar refractivity (Wildman–Crippen MR) is 59.8 cm³/mol. The Balaban J connectivity index is 2.28. The smallest absolute Gasteiger partial charge is 0.212 e. The van der Waals surface area contributed by atoms with Gasteiger partial charge in [-0.15, -0.1) is 11.3 Å². The minimum atomic E-state index is 0.472. The van der Waals surface area contributed by atoms with Gasteiger partial charge in [0.25, 0.3) is 0 Å². The van der Waals surface area contributed by atoms with Gasteiger partial charge < -0.3 is 10.5 Å². The number of ether oxygens (including phenoxy) is 1. The van der Waals surface area contributed by atoms with Gasteiger partial charge in [-0.25, -0.2) is 9.97 Å². The summed E-state index contributed by atoms with van der Waals surface area (Å²) in [5, 5.41) is 2.89. The Bertz CT molecular complexity index is 438. The molecule has 0 bridgehead atoms. The molecule has 0 saturated heterocycles. The van der Waals surface area contributed by atoms with E-state index in [-0.39, 0.29) is 0 Å². The van der Waals surface area contributed by atoms with Crippen molar-refractivity contribution in [1.82, 2.24) is 9.97 Å². The molecule has 2 aromatic heterocycles. The zero-order chi connectivity index (χ0) is 10.7. The van der Waals surface area contributed by atoms with E-state index in [1.54, 1.807) is 24.6 Å². The number of aromatic nitrogens is 2. The summed E-state index contributed by atoms with van der Waals surface area (Å²) in [6.45, 7) is 0.472. The van der Waals surface area contributed by atoms with Gasteiger partial charge >= 0.3 is 0 Å². The number of nitrogens with zero attached hydrogens (tertiary/aromatic N) is 2. The minimum Gasteiger partial charge on any atom is -0.481 e. The summed E-state index contributed by atoms with van der Waals surface area (Å²) in [5.74, 6) is 0.606. The quantitative estimate of drug-likeness (QED) is 0.856. The molecule has 2 rings (SSSR count). The molecule has 5 heteroatoms. The Kier molecular flexibility index (Phi) is 2.94. The van der Waals surface area contributed by atoms with Crippen LogP contribution in [0, 0.1) is 0 Å². The van der Waals surface area contributed by atoms with Crippen LogP contribution < -0.4 is 10.5 Å². The van der Waals surface area contributed by atoms with Gasteiger partial charge in [0, 0.05) is 29.8 Å². The van der Waals surface area contributed by atoms with Crippen LogP contribution in [0.3, 0.4) is 0 Å². The van der Waals surface area contributed by atoms with E-state index in [9.17, 15) is 0 Å². The molecule has 0 aliphatic heterocycles. The summed E-state index contributed by atoms with van der Waals surface area (Å²) in [6, 6.07) is 3.75. The summed E-state index contributed by atoms with van der Waals surface area (Å²) in [6.07, 6.45) is 1.75. The predicted octanol–water partition coefficient (Wildman–Crippen LogP) is 1.67. The molecule has 2 N–H and O–H groups in total. The van der Waals surface area contributed by atoms with Crippen molar-refractivity contribution in [2.45, 2.75) is 6.54 Å². The normalized spacial score (nSPS) is 10.3. The van der Waals surface area contributed by atoms with Gasteiger partial charge in [-0.05, 0) is 6.07 Å². The van der Waals surface area contributed by atoms with Crippen molar-refractivity contribution in [3.05, 3.63) is 29.4 Å². The number of thiazole rings is 1. The summed E-state index contributed by atoms with van der Waals surface area (Å²) in [7, 11) is 1.60. The van der Waals surface area contributed by atoms with Gasteiger partial charge in [0.1, 0.15) is 5.01 Å². The summed E-state index contributed by atoms with van der Waals surface area (Å²) >= 11 is 1.57. The van der Waals surface area contributed by atoms with E-state index in [2.05, 4.69) is 9.97 Å². The molecule has 0 radical (unpaired) electrons. The fourth-order valence-corrected chi connectivity index (χ4v) is 1.98. The number of hydrogen-bond acceptors (Lipinski definition) is 5. The highest BCUT2D eigenvalue weighted by Gasteiger charge is 2.04. The van der Waals surface area contributed by atoms with Crippen molar-refractivity contribution in [2.75, 3.05) is 7.11 Å². The molecule has 0 aliphatic carbocycles. The Morgan fingerprint density at radius 2 is 2.33 bits per heavy atom. The molecule has 2 heterocycles. The van der Waals surface area contributed by atoms with Gasteiger partial charge in [0.05, 0.1) is 12.8 Å². The van der Waals surface area contributed by atoms with Crippen molar-refractivity contribution >= 4 is 11.3 Å². The lowest BCUT2D eigenvalue weighted by molar-refractivity contribution is 0.398. The molecule has 0 amide bonds. The summed E-state index contributed by atoms with van der Waals surface area (Å²) in [5.41, 5.74) is 7.39. The van der Waals surface area contributed by atoms with Crippen LogP contribution in [0.5, 0.6) is 5.88 Å². The SMILES string of the molecule is COc1ccc(-c2nc(CN)cs2)cn1. The number of hydrogen-bond donors (Lipinski definition) is 1. The molecule has 0 aromatic carbocycles. The second-order valence-electron chi connectivity index (χ2n) is 2.94. The third kappa shape index (κ3) is 2.14. The van der Waals surface area contributed by atoms with Gasteiger partial charge in [0.2, 0.25) is 5.88 Å². The van der Waals surface area contributed by atoms with Gasteiger partial charge in [-0.3, -0.25) is 0 Å². The third-order valence-corrected chi connectivity index (χ3v) is 2.89. The van der Waals surface area contributed by atoms with E-state index in [1.165, 1.54) is 0 Å². The summed E-state index contributed by atoms with van der Waals surface area (Å²) < 4.78 is 4.98. The van der Waals surface area contributed by atoms with Crippen LogP contribution in [-0.4, -0.2) is 17.1 Å². The molecule has 0 saturated carbocycles. The largest absolute Gasteiger partial charge is 0.481 e. The minimum absolute atomic E-state index is 0.472. The topological polar surface area (TPSA) is 61.0 Å². The zero-order valence-electron chi connectivity index (χ0n) is 8.30. The van der Waals surface area contributed by atoms with E-state index in [1.807, 2.05) is 17.5 Å². The first-order valence-electron chi connectivity index (χ1n) is 4.48. The van der Waals surface area contributed by atoms with Crippen molar-refractivity contribution < 1.29 is 4.74 Å². The molecular formula is C10H11N3OS. The molecule has 0 unspecified atom stereocenters. The Morgan fingerprint density at radius 1 is 1.47 bits per heavy atom. The fraction of sp³-hybridized carbons (Fsp3) is 0.200. The molecule has 78 valence electrons. The monoisotopic (exact) mass is 221 g/mol. The van der Waals surface area contributed by atoms with E-state index in [0.717, 1.165) is 16.3 Å². The Labute approximate surface area is 91.8 Å². The van der Waals surface area contributed by atoms with Crippen LogP contribution in [0.4, 0.5) is 0 Å². The number of pyridine rings is 1. The second kappa shape index (κ2) is 4.37. The first-order chi connectivity index (χ1) is 7.33. The first-order valence-corrected chi connectivity index (χ1v) is 5.36. The van der Waals surface area contributed by atoms with E-state index >= 15 is 0 Å². The fourth-order valence-electron chi connectivity index (χ4n) is 1.16. The molecular weight excluding hydrogens is 210 g/mol. The van der Waals surface area contributed by atoms with Crippen molar-refractivity contribution in [1.29, 1.82) is 0 Å². The molecule has 0 fully saturated rings. The molecule has 2 aromatic rings. The summed E-state index contributed by atoms with van der Waals surface area (Å²) in [4.78, 5) is 8.49. The van der Waals surface area contributed by atoms with Crippen LogP contribution in [0.2, 0.25) is 0 Å². The number of methoxy groups -OCH3 is 1. The average Bonchev–Trinajstić information content (AvgIpc) is 2.78. The molecule has 15 heavy (non-hydrogen) atoms. The van der Waals surface area contributed by atoms with Gasteiger partial charge in [-0.1, -0.05) is 0 Å². The maximum absolute atomic E-state index is 5.50. The highest BCUT2D eigenvalue weighted by molar-refractivity contribution is 7.13. The Morgan fingerprint density at radius 3 is 2.87 bits per heavy atom. The van der Waals surface area contributed by atoms with Crippen molar-refractivity contribution in [3.8, 4) is 16.5 Å². The van der Waals surface area contributed by atoms with Crippen molar-refractivity contribution in [2.24, 2.45) is 5.73 Å². The van der Waals surface area contributed by atoms with Crippen LogP contribution in [-0.2, 0) is 6.54 Å². The average molecular weight is 221 g/mol. The zero-order valence-corrected chi connectivity index (χ0v) is 9.12. The maximum Gasteiger partial charge on any atom is 0.212 e. The Hall–Kier alpha value is -1.46. The first kappa shape index (κ1) is 10.1. The van der Waals surface area contributed by atoms with Crippen molar-refractivity contribution in [3.63, 3.8) is 0 Å². The van der Waals surface area contributed by atoms with Gasteiger partial charge in [-0.2, -0.15) is 0 Å². The van der Waals surface area contributed by atoms with E-state index in [0.29, 0.717) is 12.4 Å². The lowest BCUT2D eigenvalue weighted by Crippen LogP contribution is -1.95. The molecule has 0 atom stereocenters. The highest BCUT2D eigenvalue weighted by Crippen LogP contribution is 2.23. The van der Waals surface area contributed by atoms with Crippen LogP contribution in [0.1, 0.15) is 5.69 Å². The van der Waals surface area contributed by atoms with Crippen LogP contribution >= 0.6 is 11.3 Å². The van der Waals surface area contributed by atoms with E-state index in [4.69, 9.17) is 10.5 Å². The highest BCUT2D eigenvalue weighted by atomic mass is 32.1. The third-order valence-electron chi connectivity index (χ3n) is 1.95. The standard InChI is InChI=1S/C10H11N3OS/c1-14-9-3-2-7(5-12-9)10-13-8(4-11)6-15-10/h2-3,5-6H,4,11H2,1H3. The lowest BCUT2D eigenvalue weighted by atomic mass is 10.3. The van der Waals surface area contributed by atoms with Crippen LogP contribution in [0.25, 0.3) is 10.6 Å². The number of rotatable bonds is 3. The molecule has 4 nitrogen and oxygen atoms in total. The maximum atomic E-state index is 5.50. The number of nitrogens with two attached hydrogens (primary N) is 1.